The minimum Gasteiger partial charge on any atom is -0.444 e. The van der Waals surface area contributed by atoms with Crippen LogP contribution in [0.3, 0.4) is 0 Å². The van der Waals surface area contributed by atoms with Crippen molar-refractivity contribution in [3.8, 4) is 0 Å². The van der Waals surface area contributed by atoms with Crippen LogP contribution >= 0.6 is 47.8 Å². The molecule has 526 valence electrons. The third kappa shape index (κ3) is 30.0. The molecule has 0 spiro atoms. The van der Waals surface area contributed by atoms with Gasteiger partial charge >= 0.3 is 32.5 Å². The largest absolute Gasteiger partial charge is 0.496 e. The van der Waals surface area contributed by atoms with Crippen molar-refractivity contribution < 1.29 is 67.1 Å². The zero-order valence-electron chi connectivity index (χ0n) is 61.2. The van der Waals surface area contributed by atoms with Gasteiger partial charge in [0.05, 0.1) is 17.7 Å². The highest BCUT2D eigenvalue weighted by Gasteiger charge is 2.52. The van der Waals surface area contributed by atoms with Gasteiger partial charge in [-0.2, -0.15) is 0 Å². The lowest BCUT2D eigenvalue weighted by Gasteiger charge is -2.37. The molecule has 104 heavy (non-hydrogen) atoms. The summed E-state index contributed by atoms with van der Waals surface area (Å²) >= 11 is 9.78. The molecule has 5 fully saturated rings. The number of piperazine rings is 4. The van der Waals surface area contributed by atoms with E-state index in [4.69, 9.17) is 103 Å². The Morgan fingerprint density at radius 1 is 0.510 bits per heavy atom. The number of aromatic nitrogens is 4. The SMILES string of the molecule is Brc1ccc(Br)nc1.CC(C)(C)OC(=O)N1CCN(c2ccc(B3OC(C)(C)C(C)(C)O3)cn2)C(=O)C1.CC(C)(C)OC(=O)N1CCN(c2ccc(Br)cn2)C(=O)C1.CC(C)(C)OC(=O)N1CCNC(=O)C1.O=C1CNCCN1c1ccc(B(O)O)cn1.[B]B([B])B([B])B(B([B])[B])B(B([B])[B])B([B])[B]. The molecule has 9 rings (SSSR count). The molecule has 7 amide bonds. The molecular formula is C57H79B18Br3N12O14. The number of hydrogen-bond donors (Lipinski definition) is 4. The molecule has 0 aliphatic carbocycles. The third-order valence-electron chi connectivity index (χ3n) is 15.8. The van der Waals surface area contributed by atoms with Crippen molar-refractivity contribution in [3.05, 3.63) is 86.9 Å². The van der Waals surface area contributed by atoms with Crippen LogP contribution in [-0.4, -0.2) is 322 Å². The lowest BCUT2D eigenvalue weighted by Crippen LogP contribution is -2.75. The Labute approximate surface area is 652 Å². The van der Waals surface area contributed by atoms with Crippen molar-refractivity contribution in [1.82, 2.24) is 45.3 Å². The smallest absolute Gasteiger partial charge is 0.444 e. The molecule has 26 nitrogen and oxygen atoms in total. The summed E-state index contributed by atoms with van der Waals surface area (Å²) in [5.74, 6) is 1.14. The molecule has 4 aromatic rings. The van der Waals surface area contributed by atoms with E-state index in [0.29, 0.717) is 75.3 Å². The first-order valence-corrected chi connectivity index (χ1v) is 35.6. The van der Waals surface area contributed by atoms with Crippen LogP contribution in [0.5, 0.6) is 0 Å². The molecule has 5 saturated heterocycles. The van der Waals surface area contributed by atoms with E-state index < -0.39 is 105 Å². The molecular weight excluding hydrogens is 1510 g/mol. The number of amides is 7. The van der Waals surface area contributed by atoms with Crippen molar-refractivity contribution in [2.45, 2.75) is 118 Å². The number of ether oxygens (including phenoxy) is 3. The Bertz CT molecular complexity index is 3410. The van der Waals surface area contributed by atoms with Gasteiger partial charge in [0, 0.05) is 211 Å². The minimum absolute atomic E-state index is 0.00660. The summed E-state index contributed by atoms with van der Waals surface area (Å²) in [6.45, 7) is 28.5. The van der Waals surface area contributed by atoms with E-state index in [0.717, 1.165) is 25.6 Å². The van der Waals surface area contributed by atoms with E-state index in [2.05, 4.69) is 78.4 Å². The fourth-order valence-electron chi connectivity index (χ4n) is 9.83. The first kappa shape index (κ1) is 91.1. The average Bonchev–Trinajstić information content (AvgIpc) is 1.61. The van der Waals surface area contributed by atoms with Crippen molar-refractivity contribution >= 4 is 247 Å². The molecule has 0 unspecified atom stereocenters. The van der Waals surface area contributed by atoms with Gasteiger partial charge < -0.3 is 44.2 Å². The van der Waals surface area contributed by atoms with Gasteiger partial charge in [0.15, 0.2) is 0 Å². The van der Waals surface area contributed by atoms with Gasteiger partial charge in [0.25, 0.3) is 0 Å². The number of carbonyl (C=O) groups excluding carboxylic acids is 7. The number of halogens is 3. The second-order valence-corrected chi connectivity index (χ2v) is 31.0. The summed E-state index contributed by atoms with van der Waals surface area (Å²) in [4.78, 5) is 109. The van der Waals surface area contributed by atoms with Gasteiger partial charge in [-0.15, -0.1) is 0 Å². The van der Waals surface area contributed by atoms with E-state index in [1.165, 1.54) is 20.9 Å². The number of carbonyl (C=O) groups is 7. The maximum atomic E-state index is 12.6. The molecule has 0 saturated carbocycles. The maximum Gasteiger partial charge on any atom is 0.496 e. The summed E-state index contributed by atoms with van der Waals surface area (Å²) in [6.07, 6.45) is 0.0277. The lowest BCUT2D eigenvalue weighted by atomic mass is 8.44. The molecule has 9 heterocycles. The van der Waals surface area contributed by atoms with Gasteiger partial charge in [0.1, 0.15) is 58.5 Å². The van der Waals surface area contributed by atoms with Gasteiger partial charge in [-0.1, -0.05) is 12.1 Å². The topological polar surface area (TPSA) is 301 Å². The van der Waals surface area contributed by atoms with Crippen LogP contribution in [0.2, 0.25) is 0 Å². The summed E-state index contributed by atoms with van der Waals surface area (Å²) in [5, 5.41) is 23.4. The first-order valence-electron chi connectivity index (χ1n) is 33.3. The van der Waals surface area contributed by atoms with Crippen LogP contribution < -0.4 is 36.3 Å². The van der Waals surface area contributed by atoms with Gasteiger partial charge in [-0.05, 0) is 174 Å². The quantitative estimate of drug-likeness (QED) is 0.0792. The Morgan fingerprint density at radius 3 is 1.26 bits per heavy atom. The van der Waals surface area contributed by atoms with Gasteiger partial charge in [-0.3, -0.25) is 48.6 Å². The molecule has 4 N–H and O–H groups in total. The number of rotatable bonds is 11. The number of anilines is 3. The van der Waals surface area contributed by atoms with E-state index in [9.17, 15) is 33.6 Å². The predicted octanol–water partition coefficient (Wildman–Crippen LogP) is -1.04. The molecule has 0 aromatic carbocycles. The molecule has 0 bridgehead atoms. The molecule has 18 radical (unpaired) electrons. The highest BCUT2D eigenvalue weighted by Crippen LogP contribution is 2.36. The van der Waals surface area contributed by atoms with Gasteiger partial charge in [-0.25, -0.2) is 34.3 Å². The van der Waals surface area contributed by atoms with Crippen LogP contribution in [0, 0.1) is 0 Å². The van der Waals surface area contributed by atoms with E-state index in [1.807, 2.05) is 52.0 Å². The number of pyridine rings is 4. The zero-order chi connectivity index (χ0) is 78.6. The normalized spacial score (nSPS) is 16.2. The fraction of sp³-hybridized carbons (Fsp3) is 0.526. The van der Waals surface area contributed by atoms with Crippen LogP contribution in [0.4, 0.5) is 31.8 Å². The summed E-state index contributed by atoms with van der Waals surface area (Å²) < 4.78 is 30.5. The number of nitrogens with one attached hydrogen (secondary N) is 2. The van der Waals surface area contributed by atoms with Crippen LogP contribution in [-0.2, 0) is 42.7 Å². The standard InChI is InChI=1S/C20H30BN3O5.C14H18BrN3O3.C9H12BN3O3.C9H16N2O3.C5H3Br2N.B16/c1-18(2,3)27-17(26)23-10-11-24(16(25)13-23)15-9-8-14(12-22-15)21-28-19(4,5)20(6,7)29-21;1-14(2,3)21-13(20)17-6-7-18(12(19)9-17)11-5-4-10(15)8-16-11;14-9-6-11-3-4-13(9)8-2-1-7(5-12-8)10(15)16;1-9(2,3)14-8(13)11-5-4-10-7(12)6-11;6-4-1-2-5(7)8-3-4;1-10(2)14(9)16(13(7)8)15(11(3)4)12(5)6/h8-9,12H,10-11,13H2,1-7H3;4-5,8H,6-7,9H2,1-3H3;1-2,5,11,15-16H,3-4,6H2;4-6H2,1-3H3,(H,10,12);1-3H;. The van der Waals surface area contributed by atoms with Crippen LogP contribution in [0.1, 0.15) is 90.0 Å². The maximum absolute atomic E-state index is 12.6. The van der Waals surface area contributed by atoms with E-state index in [-0.39, 0.29) is 43.3 Å². The monoisotopic (exact) mass is 1590 g/mol. The van der Waals surface area contributed by atoms with E-state index in [1.54, 1.807) is 120 Å². The summed E-state index contributed by atoms with van der Waals surface area (Å²) in [5.41, 5.74) is -1.41. The Balaban J connectivity index is 0.000000274. The molecule has 47 heteroatoms. The highest BCUT2D eigenvalue weighted by atomic mass is 79.9. The van der Waals surface area contributed by atoms with Crippen molar-refractivity contribution in [2.75, 3.05) is 93.2 Å². The predicted molar refractivity (Wildman–Crippen MR) is 434 cm³/mol. The second-order valence-electron chi connectivity index (χ2n) is 28.4. The lowest BCUT2D eigenvalue weighted by molar-refractivity contribution is -0.124. The van der Waals surface area contributed by atoms with Crippen molar-refractivity contribution in [1.29, 1.82) is 0 Å². The number of hydrogen-bond acceptors (Lipinski definition) is 19. The summed E-state index contributed by atoms with van der Waals surface area (Å²) in [7, 11) is 48.3. The molecule has 5 aliphatic heterocycles. The molecule has 4 aromatic heterocycles. The zero-order valence-corrected chi connectivity index (χ0v) is 66.0. The van der Waals surface area contributed by atoms with Crippen LogP contribution in [0.15, 0.2) is 86.9 Å². The highest BCUT2D eigenvalue weighted by molar-refractivity contribution is 9.11. The Morgan fingerprint density at radius 2 is 0.923 bits per heavy atom. The Hall–Kier alpha value is -5.30. The Kier molecular flexibility index (Phi) is 35.7. The summed E-state index contributed by atoms with van der Waals surface area (Å²) in [6, 6.07) is 14.2. The second kappa shape index (κ2) is 40.8. The third-order valence-corrected chi connectivity index (χ3v) is 17.2. The fourth-order valence-corrected chi connectivity index (χ4v) is 10.5. The molecule has 5 aliphatic rings. The van der Waals surface area contributed by atoms with Crippen molar-refractivity contribution in [2.24, 2.45) is 0 Å². The molecule has 0 atom stereocenters. The van der Waals surface area contributed by atoms with Crippen LogP contribution in [0.25, 0.3) is 0 Å². The minimum atomic E-state index is -1.53. The van der Waals surface area contributed by atoms with E-state index >= 15 is 0 Å². The first-order chi connectivity index (χ1) is 48.1. The van der Waals surface area contributed by atoms with Crippen molar-refractivity contribution in [3.63, 3.8) is 0 Å². The van der Waals surface area contributed by atoms with Gasteiger partial charge in [0.2, 0.25) is 23.6 Å². The number of nitrogens with zero attached hydrogens (tertiary/aromatic N) is 10. The average molecular weight is 1590 g/mol.